The Kier molecular flexibility index (Phi) is 6.55. The number of rotatable bonds is 8. The van der Waals surface area contributed by atoms with Crippen LogP contribution in [0.3, 0.4) is 0 Å². The number of carbonyl (C=O) groups excluding carboxylic acids is 1. The summed E-state index contributed by atoms with van der Waals surface area (Å²) in [6.07, 6.45) is 0. The quantitative estimate of drug-likeness (QED) is 0.529. The lowest BCUT2D eigenvalue weighted by atomic mass is 10.2. The summed E-state index contributed by atoms with van der Waals surface area (Å²) in [5.41, 5.74) is 1.57. The first-order valence-electron chi connectivity index (χ1n) is 7.74. The lowest BCUT2D eigenvalue weighted by Crippen LogP contribution is -2.14. The van der Waals surface area contributed by atoms with Gasteiger partial charge in [0, 0.05) is 0 Å². The zero-order valence-corrected chi connectivity index (χ0v) is 14.9. The van der Waals surface area contributed by atoms with Gasteiger partial charge in [0.2, 0.25) is 0 Å². The number of ether oxygens (including phenoxy) is 2. The van der Waals surface area contributed by atoms with Crippen molar-refractivity contribution in [3.63, 3.8) is 0 Å². The van der Waals surface area contributed by atoms with E-state index >= 15 is 0 Å². The molecule has 0 fully saturated rings. The van der Waals surface area contributed by atoms with Crippen molar-refractivity contribution in [2.45, 2.75) is 25.3 Å². The first-order chi connectivity index (χ1) is 11.9. The molecule has 0 aliphatic heterocycles. The van der Waals surface area contributed by atoms with Crippen molar-refractivity contribution in [3.05, 3.63) is 59.7 Å². The van der Waals surface area contributed by atoms with Gasteiger partial charge >= 0.3 is 5.97 Å². The van der Waals surface area contributed by atoms with Crippen molar-refractivity contribution < 1.29 is 26.9 Å². The molecule has 0 radical (unpaired) electrons. The number of benzene rings is 2. The summed E-state index contributed by atoms with van der Waals surface area (Å²) in [6, 6.07) is 13.1. The maximum Gasteiger partial charge on any atom is 0.344 e. The van der Waals surface area contributed by atoms with Crippen molar-refractivity contribution in [1.29, 1.82) is 0 Å². The second kappa shape index (κ2) is 8.64. The van der Waals surface area contributed by atoms with Gasteiger partial charge in [-0.25, -0.2) is 4.79 Å². The monoisotopic (exact) mass is 364 g/mol. The highest BCUT2D eigenvalue weighted by molar-refractivity contribution is 7.86. The second-order valence-corrected chi connectivity index (χ2v) is 6.89. The van der Waals surface area contributed by atoms with E-state index in [1.165, 1.54) is 12.1 Å². The van der Waals surface area contributed by atoms with Gasteiger partial charge in [-0.3, -0.25) is 4.18 Å². The Morgan fingerprint density at radius 2 is 1.80 bits per heavy atom. The smallest absolute Gasteiger partial charge is 0.344 e. The molecule has 2 aromatic rings. The van der Waals surface area contributed by atoms with Crippen LogP contribution in [0.2, 0.25) is 0 Å². The van der Waals surface area contributed by atoms with Crippen molar-refractivity contribution in [3.8, 4) is 5.75 Å². The highest BCUT2D eigenvalue weighted by Crippen LogP contribution is 2.18. The van der Waals surface area contributed by atoms with E-state index in [1.54, 1.807) is 43.3 Å². The summed E-state index contributed by atoms with van der Waals surface area (Å²) in [6.45, 7) is 3.53. The van der Waals surface area contributed by atoms with E-state index in [4.69, 9.17) is 13.7 Å². The molecule has 0 atom stereocenters. The van der Waals surface area contributed by atoms with Crippen LogP contribution in [0.25, 0.3) is 0 Å². The number of hydrogen-bond donors (Lipinski definition) is 0. The van der Waals surface area contributed by atoms with E-state index in [9.17, 15) is 13.2 Å². The Labute approximate surface area is 147 Å². The lowest BCUT2D eigenvalue weighted by molar-refractivity contribution is -0.145. The Morgan fingerprint density at radius 3 is 2.48 bits per heavy atom. The highest BCUT2D eigenvalue weighted by atomic mass is 32.2. The van der Waals surface area contributed by atoms with E-state index in [2.05, 4.69) is 0 Å². The van der Waals surface area contributed by atoms with E-state index in [0.29, 0.717) is 11.3 Å². The van der Waals surface area contributed by atoms with Crippen LogP contribution >= 0.6 is 0 Å². The van der Waals surface area contributed by atoms with Crippen LogP contribution in [0.1, 0.15) is 18.1 Å². The van der Waals surface area contributed by atoms with Crippen LogP contribution < -0.4 is 4.74 Å². The zero-order valence-electron chi connectivity index (χ0n) is 14.1. The Balaban J connectivity index is 1.97. The van der Waals surface area contributed by atoms with Gasteiger partial charge in [0.15, 0.2) is 6.61 Å². The molecule has 0 bridgehead atoms. The summed E-state index contributed by atoms with van der Waals surface area (Å²) >= 11 is 0. The molecule has 0 aromatic heterocycles. The van der Waals surface area contributed by atoms with Gasteiger partial charge < -0.3 is 9.47 Å². The zero-order chi connectivity index (χ0) is 18.3. The van der Waals surface area contributed by atoms with Gasteiger partial charge in [0.25, 0.3) is 10.1 Å². The van der Waals surface area contributed by atoms with Gasteiger partial charge in [0.05, 0.1) is 18.1 Å². The standard InChI is InChI=1S/C18H20O6S/c1-3-22-18(19)13-23-16-6-4-5-15(11-16)12-24-25(20,21)17-9-7-14(2)8-10-17/h4-11H,3,12-13H2,1-2H3. The molecule has 7 heteroatoms. The highest BCUT2D eigenvalue weighted by Gasteiger charge is 2.15. The van der Waals surface area contributed by atoms with Gasteiger partial charge in [-0.05, 0) is 43.7 Å². The molecule has 0 spiro atoms. The summed E-state index contributed by atoms with van der Waals surface area (Å²) < 4.78 is 39.5. The minimum atomic E-state index is -3.84. The third kappa shape index (κ3) is 5.88. The maximum atomic E-state index is 12.2. The SMILES string of the molecule is CCOC(=O)COc1cccc(COS(=O)(=O)c2ccc(C)cc2)c1. The third-order valence-corrected chi connectivity index (χ3v) is 4.53. The van der Waals surface area contributed by atoms with Crippen LogP contribution in [0.15, 0.2) is 53.4 Å². The van der Waals surface area contributed by atoms with E-state index in [0.717, 1.165) is 5.56 Å². The van der Waals surface area contributed by atoms with Crippen LogP contribution in [-0.2, 0) is 30.4 Å². The molecule has 6 nitrogen and oxygen atoms in total. The topological polar surface area (TPSA) is 78.9 Å². The van der Waals surface area contributed by atoms with Gasteiger partial charge in [-0.2, -0.15) is 8.42 Å². The molecule has 2 aromatic carbocycles. The minimum absolute atomic E-state index is 0.104. The molecule has 25 heavy (non-hydrogen) atoms. The van der Waals surface area contributed by atoms with Crippen molar-refractivity contribution in [1.82, 2.24) is 0 Å². The molecule has 0 amide bonds. The van der Waals surface area contributed by atoms with Crippen molar-refractivity contribution in [2.75, 3.05) is 13.2 Å². The molecular weight excluding hydrogens is 344 g/mol. The molecule has 134 valence electrons. The molecule has 0 saturated carbocycles. The number of aryl methyl sites for hydroxylation is 1. The number of hydrogen-bond acceptors (Lipinski definition) is 6. The van der Waals surface area contributed by atoms with Crippen LogP contribution in [-0.4, -0.2) is 27.6 Å². The maximum absolute atomic E-state index is 12.2. The summed E-state index contributed by atoms with van der Waals surface area (Å²) in [5, 5.41) is 0. The van der Waals surface area contributed by atoms with Crippen LogP contribution in [0.4, 0.5) is 0 Å². The molecule has 0 N–H and O–H groups in total. The van der Waals surface area contributed by atoms with Crippen LogP contribution in [0.5, 0.6) is 5.75 Å². The fraction of sp³-hybridized carbons (Fsp3) is 0.278. The minimum Gasteiger partial charge on any atom is -0.482 e. The van der Waals surface area contributed by atoms with Crippen molar-refractivity contribution in [2.24, 2.45) is 0 Å². The van der Waals surface area contributed by atoms with Gasteiger partial charge in [0.1, 0.15) is 5.75 Å². The van der Waals surface area contributed by atoms with E-state index < -0.39 is 16.1 Å². The molecule has 0 aliphatic rings. The number of carbonyl (C=O) groups is 1. The molecular formula is C18H20O6S. The molecule has 0 unspecified atom stereocenters. The first-order valence-corrected chi connectivity index (χ1v) is 9.15. The summed E-state index contributed by atoms with van der Waals surface area (Å²) in [4.78, 5) is 11.4. The van der Waals surface area contributed by atoms with Gasteiger partial charge in [-0.1, -0.05) is 29.8 Å². The normalized spacial score (nSPS) is 11.1. The third-order valence-electron chi connectivity index (χ3n) is 3.25. The fourth-order valence-electron chi connectivity index (χ4n) is 1.99. The molecule has 0 aliphatic carbocycles. The summed E-state index contributed by atoms with van der Waals surface area (Å²) in [5.74, 6) is -0.0343. The molecule has 2 rings (SSSR count). The Morgan fingerprint density at radius 1 is 1.08 bits per heavy atom. The first kappa shape index (κ1) is 19.0. The average molecular weight is 364 g/mol. The Hall–Kier alpha value is -2.38. The fourth-order valence-corrected chi connectivity index (χ4v) is 2.89. The predicted octanol–water partition coefficient (Wildman–Crippen LogP) is 2.84. The largest absolute Gasteiger partial charge is 0.482 e. The van der Waals surface area contributed by atoms with Gasteiger partial charge in [-0.15, -0.1) is 0 Å². The Bertz CT molecular complexity index is 812. The second-order valence-electron chi connectivity index (χ2n) is 5.27. The summed E-state index contributed by atoms with van der Waals surface area (Å²) in [7, 11) is -3.84. The predicted molar refractivity (Wildman–Crippen MR) is 91.7 cm³/mol. The van der Waals surface area contributed by atoms with E-state index in [-0.39, 0.29) is 24.7 Å². The molecule has 0 heterocycles. The van der Waals surface area contributed by atoms with Crippen molar-refractivity contribution >= 4 is 16.1 Å². The molecule has 0 saturated heterocycles. The van der Waals surface area contributed by atoms with Crippen LogP contribution in [0, 0.1) is 6.92 Å². The average Bonchev–Trinajstić information content (AvgIpc) is 2.59. The number of esters is 1. The lowest BCUT2D eigenvalue weighted by Gasteiger charge is -2.09. The van der Waals surface area contributed by atoms with E-state index in [1.807, 2.05) is 6.92 Å².